The fourth-order valence-corrected chi connectivity index (χ4v) is 4.18. The smallest absolute Gasteiger partial charge is 0.354 e. The summed E-state index contributed by atoms with van der Waals surface area (Å²) < 4.78 is 64.5. The van der Waals surface area contributed by atoms with Crippen LogP contribution in [0.3, 0.4) is 0 Å². The van der Waals surface area contributed by atoms with E-state index in [9.17, 15) is 21.6 Å². The van der Waals surface area contributed by atoms with Crippen LogP contribution in [0.5, 0.6) is 0 Å². The zero-order valence-electron chi connectivity index (χ0n) is 14.1. The van der Waals surface area contributed by atoms with Crippen molar-refractivity contribution in [1.82, 2.24) is 9.29 Å². The molecule has 1 aromatic carbocycles. The largest absolute Gasteiger partial charge is 0.417 e. The standard InChI is InChI=1S/C17H18F3N3O2S/c1-13-2-5-15(6-3-13)26(24,25)23-10-8-22(9-11-23)16-7-4-14(12-21-16)17(18,19)20/h2-7,12H,8-11H2,1H3. The van der Waals surface area contributed by atoms with Crippen molar-refractivity contribution in [2.24, 2.45) is 0 Å². The Morgan fingerprint density at radius 2 is 1.58 bits per heavy atom. The fourth-order valence-electron chi connectivity index (χ4n) is 2.76. The highest BCUT2D eigenvalue weighted by Gasteiger charge is 2.32. The molecule has 0 unspecified atom stereocenters. The summed E-state index contributed by atoms with van der Waals surface area (Å²) in [5.41, 5.74) is 0.170. The zero-order chi connectivity index (χ0) is 18.9. The second-order valence-electron chi connectivity index (χ2n) is 6.11. The molecule has 26 heavy (non-hydrogen) atoms. The highest BCUT2D eigenvalue weighted by Crippen LogP contribution is 2.29. The average Bonchev–Trinajstić information content (AvgIpc) is 2.62. The van der Waals surface area contributed by atoms with Gasteiger partial charge in [0.2, 0.25) is 10.0 Å². The van der Waals surface area contributed by atoms with Crippen LogP contribution in [-0.2, 0) is 16.2 Å². The average molecular weight is 385 g/mol. The van der Waals surface area contributed by atoms with E-state index < -0.39 is 21.8 Å². The molecule has 140 valence electrons. The van der Waals surface area contributed by atoms with Crippen molar-refractivity contribution in [3.05, 3.63) is 53.7 Å². The number of aryl methyl sites for hydroxylation is 1. The molecule has 0 spiro atoms. The lowest BCUT2D eigenvalue weighted by atomic mass is 10.2. The predicted octanol–water partition coefficient (Wildman–Crippen LogP) is 2.92. The number of rotatable bonds is 3. The Morgan fingerprint density at radius 3 is 2.08 bits per heavy atom. The van der Waals surface area contributed by atoms with Gasteiger partial charge in [0.1, 0.15) is 5.82 Å². The molecule has 1 fully saturated rings. The number of piperazine rings is 1. The first kappa shape index (κ1) is 18.7. The second kappa shape index (κ2) is 6.88. The van der Waals surface area contributed by atoms with Crippen LogP contribution >= 0.6 is 0 Å². The zero-order valence-corrected chi connectivity index (χ0v) is 14.9. The van der Waals surface area contributed by atoms with Gasteiger partial charge in [0, 0.05) is 32.4 Å². The number of sulfonamides is 1. The van der Waals surface area contributed by atoms with Crippen molar-refractivity contribution in [3.8, 4) is 0 Å². The third kappa shape index (κ3) is 3.83. The molecular weight excluding hydrogens is 367 g/mol. The minimum Gasteiger partial charge on any atom is -0.354 e. The number of alkyl halides is 3. The van der Waals surface area contributed by atoms with Crippen LogP contribution in [0.1, 0.15) is 11.1 Å². The van der Waals surface area contributed by atoms with E-state index in [-0.39, 0.29) is 18.0 Å². The lowest BCUT2D eigenvalue weighted by Crippen LogP contribution is -2.48. The molecule has 0 amide bonds. The Hall–Kier alpha value is -2.13. The van der Waals surface area contributed by atoms with Crippen LogP contribution in [0, 0.1) is 6.92 Å². The Morgan fingerprint density at radius 1 is 0.962 bits per heavy atom. The van der Waals surface area contributed by atoms with Gasteiger partial charge in [-0.1, -0.05) is 17.7 Å². The topological polar surface area (TPSA) is 53.5 Å². The SMILES string of the molecule is Cc1ccc(S(=O)(=O)N2CCN(c3ccc(C(F)(F)F)cn3)CC2)cc1. The maximum atomic E-state index is 12.7. The summed E-state index contributed by atoms with van der Waals surface area (Å²) in [5, 5.41) is 0. The normalized spacial score (nSPS) is 16.7. The van der Waals surface area contributed by atoms with Gasteiger partial charge in [-0.2, -0.15) is 17.5 Å². The monoisotopic (exact) mass is 385 g/mol. The molecule has 5 nitrogen and oxygen atoms in total. The van der Waals surface area contributed by atoms with E-state index in [0.29, 0.717) is 18.9 Å². The predicted molar refractivity (Wildman–Crippen MR) is 91.4 cm³/mol. The minimum absolute atomic E-state index is 0.240. The van der Waals surface area contributed by atoms with Crippen LogP contribution in [0.2, 0.25) is 0 Å². The highest BCUT2D eigenvalue weighted by atomic mass is 32.2. The second-order valence-corrected chi connectivity index (χ2v) is 8.04. The molecule has 0 atom stereocenters. The van der Waals surface area contributed by atoms with Gasteiger partial charge in [-0.3, -0.25) is 0 Å². The molecular formula is C17H18F3N3O2S. The molecule has 2 aromatic rings. The quantitative estimate of drug-likeness (QED) is 0.815. The number of benzene rings is 1. The van der Waals surface area contributed by atoms with Crippen molar-refractivity contribution in [2.45, 2.75) is 18.0 Å². The van der Waals surface area contributed by atoms with Gasteiger partial charge in [-0.25, -0.2) is 13.4 Å². The van der Waals surface area contributed by atoms with Crippen molar-refractivity contribution in [1.29, 1.82) is 0 Å². The van der Waals surface area contributed by atoms with Gasteiger partial charge in [-0.05, 0) is 31.2 Å². The van der Waals surface area contributed by atoms with Gasteiger partial charge in [0.15, 0.2) is 0 Å². The van der Waals surface area contributed by atoms with Crippen LogP contribution < -0.4 is 4.90 Å². The van der Waals surface area contributed by atoms with Crippen LogP contribution in [0.4, 0.5) is 19.0 Å². The van der Waals surface area contributed by atoms with Crippen LogP contribution in [0.15, 0.2) is 47.5 Å². The molecule has 1 saturated heterocycles. The molecule has 0 bridgehead atoms. The first-order valence-electron chi connectivity index (χ1n) is 8.03. The highest BCUT2D eigenvalue weighted by molar-refractivity contribution is 7.89. The van der Waals surface area contributed by atoms with Gasteiger partial charge in [0.05, 0.1) is 10.5 Å². The lowest BCUT2D eigenvalue weighted by molar-refractivity contribution is -0.137. The van der Waals surface area contributed by atoms with E-state index in [1.807, 2.05) is 6.92 Å². The molecule has 1 aliphatic heterocycles. The van der Waals surface area contributed by atoms with Gasteiger partial charge < -0.3 is 4.90 Å². The number of hydrogen-bond acceptors (Lipinski definition) is 4. The maximum Gasteiger partial charge on any atom is 0.417 e. The lowest BCUT2D eigenvalue weighted by Gasteiger charge is -2.34. The number of hydrogen-bond donors (Lipinski definition) is 0. The first-order chi connectivity index (χ1) is 12.2. The van der Waals surface area contributed by atoms with Crippen molar-refractivity contribution in [3.63, 3.8) is 0 Å². The molecule has 1 aliphatic rings. The molecule has 0 aliphatic carbocycles. The molecule has 0 saturated carbocycles. The molecule has 9 heteroatoms. The Kier molecular flexibility index (Phi) is 4.94. The third-order valence-corrected chi connectivity index (χ3v) is 6.21. The van der Waals surface area contributed by atoms with Crippen molar-refractivity contribution >= 4 is 15.8 Å². The van der Waals surface area contributed by atoms with E-state index >= 15 is 0 Å². The van der Waals surface area contributed by atoms with Crippen molar-refractivity contribution < 1.29 is 21.6 Å². The summed E-state index contributed by atoms with van der Waals surface area (Å²) in [6.07, 6.45) is -3.63. The molecule has 3 rings (SSSR count). The summed E-state index contributed by atoms with van der Waals surface area (Å²) in [7, 11) is -3.57. The molecule has 1 aromatic heterocycles. The van der Waals surface area contributed by atoms with Gasteiger partial charge in [-0.15, -0.1) is 0 Å². The van der Waals surface area contributed by atoms with Gasteiger partial charge in [0.25, 0.3) is 0 Å². The summed E-state index contributed by atoms with van der Waals surface area (Å²) in [6, 6.07) is 8.94. The summed E-state index contributed by atoms with van der Waals surface area (Å²) in [5.74, 6) is 0.408. The van der Waals surface area contributed by atoms with E-state index in [4.69, 9.17) is 0 Å². The number of pyridine rings is 1. The van der Waals surface area contributed by atoms with E-state index in [1.165, 1.54) is 10.4 Å². The van der Waals surface area contributed by atoms with E-state index in [1.54, 1.807) is 29.2 Å². The number of halogens is 3. The van der Waals surface area contributed by atoms with Crippen LogP contribution in [-0.4, -0.2) is 43.9 Å². The van der Waals surface area contributed by atoms with Crippen molar-refractivity contribution in [2.75, 3.05) is 31.1 Å². The molecule has 0 radical (unpaired) electrons. The van der Waals surface area contributed by atoms with E-state index in [0.717, 1.165) is 17.8 Å². The summed E-state index contributed by atoms with van der Waals surface area (Å²) >= 11 is 0. The minimum atomic E-state index is -4.42. The maximum absolute atomic E-state index is 12.7. The third-order valence-electron chi connectivity index (χ3n) is 4.30. The Bertz CT molecular complexity index is 858. The van der Waals surface area contributed by atoms with Gasteiger partial charge >= 0.3 is 6.18 Å². The Balaban J connectivity index is 1.68. The fraction of sp³-hybridized carbons (Fsp3) is 0.353. The molecule has 0 N–H and O–H groups in total. The summed E-state index contributed by atoms with van der Waals surface area (Å²) in [6.45, 7) is 3.11. The number of aromatic nitrogens is 1. The van der Waals surface area contributed by atoms with E-state index in [2.05, 4.69) is 4.98 Å². The van der Waals surface area contributed by atoms with Crippen LogP contribution in [0.25, 0.3) is 0 Å². The first-order valence-corrected chi connectivity index (χ1v) is 9.47. The number of anilines is 1. The summed E-state index contributed by atoms with van der Waals surface area (Å²) in [4.78, 5) is 5.88. The molecule has 2 heterocycles. The number of nitrogens with zero attached hydrogens (tertiary/aromatic N) is 3. The Labute approximate surface area is 150 Å².